The fraction of sp³-hybridized carbons (Fsp3) is 0.0870. The molecule has 1 unspecified atom stereocenters. The molecule has 5 nitrogen and oxygen atoms in total. The molecule has 0 aliphatic rings. The number of nitrogens with zero attached hydrogens (tertiary/aromatic N) is 2. The van der Waals surface area contributed by atoms with Crippen molar-refractivity contribution in [1.29, 1.82) is 0 Å². The summed E-state index contributed by atoms with van der Waals surface area (Å²) in [6.07, 6.45) is 0. The lowest BCUT2D eigenvalue weighted by Gasteiger charge is -2.16. The molecule has 144 valence electrons. The first-order valence-corrected chi connectivity index (χ1v) is 9.18. The van der Waals surface area contributed by atoms with Gasteiger partial charge < -0.3 is 5.32 Å². The second-order valence-electron chi connectivity index (χ2n) is 6.70. The molecule has 0 spiro atoms. The molecule has 1 aromatic heterocycles. The highest BCUT2D eigenvalue weighted by molar-refractivity contribution is 6.05. The molecular formula is C23H18FN3O2. The van der Waals surface area contributed by atoms with E-state index < -0.39 is 11.9 Å². The molecular weight excluding hydrogens is 369 g/mol. The molecule has 3 aromatic carbocycles. The molecule has 1 amide bonds. The summed E-state index contributed by atoms with van der Waals surface area (Å²) >= 11 is 0. The van der Waals surface area contributed by atoms with Gasteiger partial charge in [0.15, 0.2) is 5.69 Å². The average molecular weight is 387 g/mol. The Kier molecular flexibility index (Phi) is 4.91. The van der Waals surface area contributed by atoms with Gasteiger partial charge in [-0.2, -0.15) is 9.78 Å². The second kappa shape index (κ2) is 7.67. The quantitative estimate of drug-likeness (QED) is 0.575. The maximum atomic E-state index is 13.5. The van der Waals surface area contributed by atoms with Crippen molar-refractivity contribution < 1.29 is 9.18 Å². The Morgan fingerprint density at radius 1 is 0.966 bits per heavy atom. The molecule has 29 heavy (non-hydrogen) atoms. The minimum atomic E-state index is -0.442. The van der Waals surface area contributed by atoms with Gasteiger partial charge >= 0.3 is 0 Å². The van der Waals surface area contributed by atoms with E-state index in [1.807, 2.05) is 6.07 Å². The summed E-state index contributed by atoms with van der Waals surface area (Å²) in [6, 6.07) is 21.4. The van der Waals surface area contributed by atoms with Gasteiger partial charge in [-0.05, 0) is 42.8 Å². The van der Waals surface area contributed by atoms with Crippen LogP contribution in [0.5, 0.6) is 0 Å². The number of hydrogen-bond acceptors (Lipinski definition) is 3. The Morgan fingerprint density at radius 3 is 2.38 bits per heavy atom. The molecule has 0 aliphatic heterocycles. The number of carbonyl (C=O) groups excluding carboxylic acids is 1. The Labute approximate surface area is 166 Å². The minimum Gasteiger partial charge on any atom is -0.344 e. The van der Waals surface area contributed by atoms with Crippen molar-refractivity contribution >= 4 is 16.7 Å². The fourth-order valence-electron chi connectivity index (χ4n) is 3.23. The number of carbonyl (C=O) groups is 1. The summed E-state index contributed by atoms with van der Waals surface area (Å²) in [5.41, 5.74) is 1.03. The van der Waals surface area contributed by atoms with E-state index in [2.05, 4.69) is 10.4 Å². The van der Waals surface area contributed by atoms with Crippen LogP contribution >= 0.6 is 0 Å². The van der Waals surface area contributed by atoms with Crippen LogP contribution in [0, 0.1) is 5.82 Å². The van der Waals surface area contributed by atoms with E-state index in [9.17, 15) is 14.0 Å². The van der Waals surface area contributed by atoms with E-state index in [1.54, 1.807) is 67.6 Å². The first kappa shape index (κ1) is 18.6. The topological polar surface area (TPSA) is 64.0 Å². The summed E-state index contributed by atoms with van der Waals surface area (Å²) in [4.78, 5) is 26.0. The van der Waals surface area contributed by atoms with E-state index in [0.29, 0.717) is 22.0 Å². The van der Waals surface area contributed by atoms with Crippen molar-refractivity contribution in [2.45, 2.75) is 13.0 Å². The normalized spacial score (nSPS) is 11.9. The Morgan fingerprint density at radius 2 is 1.66 bits per heavy atom. The van der Waals surface area contributed by atoms with E-state index in [-0.39, 0.29) is 17.1 Å². The Hall–Kier alpha value is -3.80. The predicted molar refractivity (Wildman–Crippen MR) is 110 cm³/mol. The molecule has 1 N–H and O–H groups in total. The van der Waals surface area contributed by atoms with Gasteiger partial charge in [-0.25, -0.2) is 4.39 Å². The van der Waals surface area contributed by atoms with E-state index in [1.165, 1.54) is 16.8 Å². The van der Waals surface area contributed by atoms with Gasteiger partial charge in [-0.15, -0.1) is 0 Å². The highest BCUT2D eigenvalue weighted by atomic mass is 19.1. The molecule has 6 heteroatoms. The number of hydrogen-bond donors (Lipinski definition) is 1. The van der Waals surface area contributed by atoms with Gasteiger partial charge in [0.05, 0.1) is 17.1 Å². The van der Waals surface area contributed by atoms with Gasteiger partial charge in [0.1, 0.15) is 5.82 Å². The van der Waals surface area contributed by atoms with Crippen LogP contribution in [0.15, 0.2) is 83.7 Å². The maximum absolute atomic E-state index is 13.5. The van der Waals surface area contributed by atoms with Crippen LogP contribution in [0.3, 0.4) is 0 Å². The number of benzene rings is 3. The number of halogens is 1. The zero-order valence-corrected chi connectivity index (χ0v) is 15.7. The summed E-state index contributed by atoms with van der Waals surface area (Å²) in [6.45, 7) is 1.77. The largest absolute Gasteiger partial charge is 0.344 e. The van der Waals surface area contributed by atoms with Gasteiger partial charge in [0.2, 0.25) is 0 Å². The van der Waals surface area contributed by atoms with Gasteiger partial charge in [0, 0.05) is 5.39 Å². The van der Waals surface area contributed by atoms with Crippen molar-refractivity contribution in [3.05, 3.63) is 106 Å². The first-order valence-electron chi connectivity index (χ1n) is 9.18. The minimum absolute atomic E-state index is 0.132. The summed E-state index contributed by atoms with van der Waals surface area (Å²) in [7, 11) is 0. The highest BCUT2D eigenvalue weighted by Gasteiger charge is 2.19. The average Bonchev–Trinajstić information content (AvgIpc) is 2.74. The Balaban J connectivity index is 1.79. The van der Waals surface area contributed by atoms with Crippen LogP contribution in [0.2, 0.25) is 0 Å². The summed E-state index contributed by atoms with van der Waals surface area (Å²) in [5.74, 6) is -0.813. The van der Waals surface area contributed by atoms with Crippen LogP contribution in [0.1, 0.15) is 29.0 Å². The predicted octanol–water partition coefficient (Wildman–Crippen LogP) is 4.02. The van der Waals surface area contributed by atoms with Crippen LogP contribution in [-0.2, 0) is 0 Å². The van der Waals surface area contributed by atoms with Gasteiger partial charge in [0.25, 0.3) is 11.5 Å². The van der Waals surface area contributed by atoms with Crippen molar-refractivity contribution in [2.24, 2.45) is 0 Å². The van der Waals surface area contributed by atoms with Crippen LogP contribution in [-0.4, -0.2) is 15.7 Å². The number of fused-ring (bicyclic) bond motifs is 1. The van der Waals surface area contributed by atoms with Crippen molar-refractivity contribution in [1.82, 2.24) is 15.1 Å². The number of para-hydroxylation sites is 1. The van der Waals surface area contributed by atoms with Gasteiger partial charge in [-0.3, -0.25) is 9.59 Å². The third-order valence-electron chi connectivity index (χ3n) is 4.72. The maximum Gasteiger partial charge on any atom is 0.279 e. The van der Waals surface area contributed by atoms with Crippen molar-refractivity contribution in [3.63, 3.8) is 0 Å². The molecule has 0 radical (unpaired) electrons. The third-order valence-corrected chi connectivity index (χ3v) is 4.72. The highest BCUT2D eigenvalue weighted by Crippen LogP contribution is 2.18. The van der Waals surface area contributed by atoms with Crippen LogP contribution < -0.4 is 10.9 Å². The summed E-state index contributed by atoms with van der Waals surface area (Å²) in [5, 5.41) is 8.06. The monoisotopic (exact) mass is 387 g/mol. The standard InChI is InChI=1S/C23H18FN3O2/c1-15(16-8-7-9-17(24)14-16)25-22(28)21-19-12-5-6-13-20(19)23(29)27(26-21)18-10-3-2-4-11-18/h2-15H,1H3,(H,25,28). The second-order valence-corrected chi connectivity index (χ2v) is 6.70. The lowest BCUT2D eigenvalue weighted by Crippen LogP contribution is -2.31. The molecule has 0 bridgehead atoms. The zero-order valence-electron chi connectivity index (χ0n) is 15.7. The molecule has 1 atom stereocenters. The third kappa shape index (κ3) is 3.65. The lowest BCUT2D eigenvalue weighted by molar-refractivity contribution is 0.0935. The lowest BCUT2D eigenvalue weighted by atomic mass is 10.1. The van der Waals surface area contributed by atoms with Crippen molar-refractivity contribution in [2.75, 3.05) is 0 Å². The number of nitrogens with one attached hydrogen (secondary N) is 1. The SMILES string of the molecule is CC(NC(=O)c1nn(-c2ccccc2)c(=O)c2ccccc12)c1cccc(F)c1. The Bertz CT molecular complexity index is 1250. The smallest absolute Gasteiger partial charge is 0.279 e. The number of amides is 1. The zero-order chi connectivity index (χ0) is 20.4. The molecule has 0 aliphatic carbocycles. The van der Waals surface area contributed by atoms with Gasteiger partial charge in [-0.1, -0.05) is 48.5 Å². The van der Waals surface area contributed by atoms with Crippen LogP contribution in [0.25, 0.3) is 16.5 Å². The van der Waals surface area contributed by atoms with Crippen molar-refractivity contribution in [3.8, 4) is 5.69 Å². The molecule has 0 saturated carbocycles. The molecule has 1 heterocycles. The summed E-state index contributed by atoms with van der Waals surface area (Å²) < 4.78 is 14.7. The molecule has 4 rings (SSSR count). The molecule has 0 fully saturated rings. The van der Waals surface area contributed by atoms with Crippen LogP contribution in [0.4, 0.5) is 4.39 Å². The van der Waals surface area contributed by atoms with E-state index >= 15 is 0 Å². The number of rotatable bonds is 4. The fourth-order valence-corrected chi connectivity index (χ4v) is 3.23. The van der Waals surface area contributed by atoms with E-state index in [4.69, 9.17) is 0 Å². The molecule has 0 saturated heterocycles. The number of aromatic nitrogens is 2. The first-order chi connectivity index (χ1) is 14.0. The molecule has 4 aromatic rings. The van der Waals surface area contributed by atoms with E-state index in [0.717, 1.165) is 0 Å².